The molecule has 0 saturated heterocycles. The Kier molecular flexibility index (Phi) is 15.1. The molecule has 1 aliphatic heterocycles. The molecule has 3 aliphatic rings. The SMILES string of the molecule is Cc1ccc(OC(=O)N(C)CCNC(=O)C(CCCCNC(=O)OC(C)(C)C)NC(=O)OC(C)(C)C)c2c1[C@@]1(CCN(C)CC3CC3)[C@@H](O2)C(=O)CC[C@@]1(O)C(C)C. The van der Waals surface area contributed by atoms with Crippen LogP contribution in [0, 0.1) is 18.8 Å². The molecule has 1 unspecified atom stereocenters. The summed E-state index contributed by atoms with van der Waals surface area (Å²) in [5, 5.41) is 20.7. The highest BCUT2D eigenvalue weighted by atomic mass is 16.6. The van der Waals surface area contributed by atoms with E-state index in [1.54, 1.807) is 47.6 Å². The number of hydrogen-bond donors (Lipinski definition) is 4. The number of nitrogens with one attached hydrogen (secondary N) is 3. The van der Waals surface area contributed by atoms with Crippen molar-refractivity contribution in [1.29, 1.82) is 0 Å². The number of ketones is 1. The van der Waals surface area contributed by atoms with Crippen LogP contribution in [-0.4, -0.2) is 121 Å². The van der Waals surface area contributed by atoms with Gasteiger partial charge < -0.3 is 49.8 Å². The molecule has 1 aromatic carbocycles. The van der Waals surface area contributed by atoms with E-state index >= 15 is 0 Å². The molecule has 15 heteroatoms. The van der Waals surface area contributed by atoms with Crippen molar-refractivity contribution in [1.82, 2.24) is 25.8 Å². The van der Waals surface area contributed by atoms with Gasteiger partial charge in [-0.2, -0.15) is 0 Å². The number of carbonyl (C=O) groups excluding carboxylic acids is 5. The topological polar surface area (TPSA) is 185 Å². The van der Waals surface area contributed by atoms with Crippen LogP contribution in [0.15, 0.2) is 12.1 Å². The third-order valence-corrected chi connectivity index (χ3v) is 11.2. The molecule has 2 fully saturated rings. The Bertz CT molecular complexity index is 1650. The van der Waals surface area contributed by atoms with E-state index in [9.17, 15) is 29.1 Å². The molecular formula is C43H69N5O10. The highest BCUT2D eigenvalue weighted by Crippen LogP contribution is 2.61. The van der Waals surface area contributed by atoms with Gasteiger partial charge in [0.05, 0.1) is 11.0 Å². The molecule has 0 radical (unpaired) electrons. The summed E-state index contributed by atoms with van der Waals surface area (Å²) >= 11 is 0. The summed E-state index contributed by atoms with van der Waals surface area (Å²) in [5.41, 5.74) is -2.12. The number of benzene rings is 1. The van der Waals surface area contributed by atoms with Gasteiger partial charge in [0.1, 0.15) is 17.2 Å². The Labute approximate surface area is 344 Å². The molecule has 2 saturated carbocycles. The van der Waals surface area contributed by atoms with E-state index in [4.69, 9.17) is 18.9 Å². The van der Waals surface area contributed by atoms with Crippen LogP contribution in [0.2, 0.25) is 0 Å². The summed E-state index contributed by atoms with van der Waals surface area (Å²) in [6.45, 7) is 18.5. The monoisotopic (exact) mass is 816 g/mol. The molecular weight excluding hydrogens is 746 g/mol. The van der Waals surface area contributed by atoms with E-state index in [-0.39, 0.29) is 43.4 Å². The third kappa shape index (κ3) is 11.8. The lowest BCUT2D eigenvalue weighted by Crippen LogP contribution is -2.66. The smallest absolute Gasteiger partial charge is 0.415 e. The highest BCUT2D eigenvalue weighted by Gasteiger charge is 2.67. The van der Waals surface area contributed by atoms with Gasteiger partial charge in [0, 0.05) is 45.2 Å². The zero-order chi connectivity index (χ0) is 43.2. The number of aryl methyl sites for hydroxylation is 1. The summed E-state index contributed by atoms with van der Waals surface area (Å²) in [5.74, 6) is 0.420. The van der Waals surface area contributed by atoms with Crippen LogP contribution in [0.25, 0.3) is 0 Å². The van der Waals surface area contributed by atoms with Crippen LogP contribution in [0.3, 0.4) is 0 Å². The normalized spacial score (nSPS) is 22.0. The first-order chi connectivity index (χ1) is 27.0. The van der Waals surface area contributed by atoms with Crippen molar-refractivity contribution in [2.24, 2.45) is 11.8 Å². The average molecular weight is 816 g/mol. The molecule has 326 valence electrons. The zero-order valence-electron chi connectivity index (χ0n) is 36.7. The summed E-state index contributed by atoms with van der Waals surface area (Å²) in [6, 6.07) is 2.56. The number of amides is 4. The largest absolute Gasteiger partial charge is 0.477 e. The highest BCUT2D eigenvalue weighted by molar-refractivity contribution is 5.90. The first-order valence-corrected chi connectivity index (χ1v) is 20.9. The van der Waals surface area contributed by atoms with Crippen molar-refractivity contribution in [3.63, 3.8) is 0 Å². The van der Waals surface area contributed by atoms with Crippen molar-refractivity contribution in [2.45, 2.75) is 148 Å². The first-order valence-electron chi connectivity index (χ1n) is 20.9. The lowest BCUT2D eigenvalue weighted by molar-refractivity contribution is -0.161. The fraction of sp³-hybridized carbons (Fsp3) is 0.744. The van der Waals surface area contributed by atoms with Crippen LogP contribution >= 0.6 is 0 Å². The molecule has 15 nitrogen and oxygen atoms in total. The van der Waals surface area contributed by atoms with Crippen LogP contribution in [0.5, 0.6) is 11.5 Å². The maximum Gasteiger partial charge on any atom is 0.415 e. The second-order valence-corrected chi connectivity index (χ2v) is 18.8. The van der Waals surface area contributed by atoms with Crippen LogP contribution in [-0.2, 0) is 24.5 Å². The molecule has 0 aromatic heterocycles. The Morgan fingerprint density at radius 3 is 2.22 bits per heavy atom. The number of unbranched alkanes of at least 4 members (excludes halogenated alkanes) is 1. The molecule has 1 heterocycles. The third-order valence-electron chi connectivity index (χ3n) is 11.2. The van der Waals surface area contributed by atoms with Gasteiger partial charge in [-0.1, -0.05) is 19.9 Å². The van der Waals surface area contributed by atoms with E-state index in [2.05, 4.69) is 27.9 Å². The zero-order valence-corrected chi connectivity index (χ0v) is 36.7. The maximum absolute atomic E-state index is 13.7. The number of rotatable bonds is 17. The minimum Gasteiger partial charge on any atom is -0.477 e. The molecule has 2 aliphatic carbocycles. The van der Waals surface area contributed by atoms with Crippen molar-refractivity contribution < 1.29 is 48.0 Å². The van der Waals surface area contributed by atoms with Gasteiger partial charge in [-0.25, -0.2) is 14.4 Å². The van der Waals surface area contributed by atoms with E-state index < -0.39 is 58.6 Å². The van der Waals surface area contributed by atoms with Crippen LogP contribution in [0.1, 0.15) is 118 Å². The second kappa shape index (κ2) is 18.9. The minimum atomic E-state index is -1.24. The molecule has 1 aromatic rings. The first kappa shape index (κ1) is 46.6. The van der Waals surface area contributed by atoms with Crippen molar-refractivity contribution in [2.75, 3.05) is 46.8 Å². The second-order valence-electron chi connectivity index (χ2n) is 18.8. The van der Waals surface area contributed by atoms with Crippen LogP contribution in [0.4, 0.5) is 14.4 Å². The van der Waals surface area contributed by atoms with Gasteiger partial charge in [0.2, 0.25) is 5.91 Å². The summed E-state index contributed by atoms with van der Waals surface area (Å²) in [6.07, 6.45) is 1.83. The van der Waals surface area contributed by atoms with Gasteiger partial charge in [0.15, 0.2) is 23.4 Å². The van der Waals surface area contributed by atoms with Crippen LogP contribution < -0.4 is 25.4 Å². The summed E-state index contributed by atoms with van der Waals surface area (Å²) in [7, 11) is 3.62. The molecule has 4 amide bonds. The molecule has 4 rings (SSSR count). The number of nitrogens with zero attached hydrogens (tertiary/aromatic N) is 2. The molecule has 58 heavy (non-hydrogen) atoms. The number of ether oxygens (including phenoxy) is 4. The quantitative estimate of drug-likeness (QED) is 0.143. The lowest BCUT2D eigenvalue weighted by Gasteiger charge is -2.53. The summed E-state index contributed by atoms with van der Waals surface area (Å²) in [4.78, 5) is 68.8. The van der Waals surface area contributed by atoms with Gasteiger partial charge in [-0.15, -0.1) is 0 Å². The van der Waals surface area contributed by atoms with Gasteiger partial charge in [-0.3, -0.25) is 9.59 Å². The fourth-order valence-electron chi connectivity index (χ4n) is 8.12. The minimum absolute atomic E-state index is 0.0507. The van der Waals surface area contributed by atoms with Crippen molar-refractivity contribution in [3.8, 4) is 11.5 Å². The van der Waals surface area contributed by atoms with Gasteiger partial charge >= 0.3 is 18.3 Å². The number of likely N-dealkylation sites (N-methyl/N-ethyl adjacent to an activating group) is 1. The molecule has 0 spiro atoms. The van der Waals surface area contributed by atoms with Gasteiger partial charge in [-0.05, 0) is 130 Å². The van der Waals surface area contributed by atoms with E-state index in [0.29, 0.717) is 56.0 Å². The van der Waals surface area contributed by atoms with Crippen molar-refractivity contribution >= 4 is 30.0 Å². The number of fused-ring (bicyclic) bond motifs is 3. The molecule has 0 bridgehead atoms. The Morgan fingerprint density at radius 1 is 0.948 bits per heavy atom. The Hall–Kier alpha value is -4.11. The Balaban J connectivity index is 1.42. The number of Topliss-reactive ketones (excluding diaryl/α,β-unsaturated/α-hetero) is 1. The van der Waals surface area contributed by atoms with E-state index in [1.165, 1.54) is 24.8 Å². The fourth-order valence-corrected chi connectivity index (χ4v) is 8.12. The summed E-state index contributed by atoms with van der Waals surface area (Å²) < 4.78 is 23.1. The van der Waals surface area contributed by atoms with E-state index in [1.807, 2.05) is 26.8 Å². The van der Waals surface area contributed by atoms with E-state index in [0.717, 1.165) is 12.1 Å². The average Bonchev–Trinajstić information content (AvgIpc) is 3.84. The predicted molar refractivity (Wildman–Crippen MR) is 219 cm³/mol. The number of hydrogen-bond acceptors (Lipinski definition) is 11. The van der Waals surface area contributed by atoms with Gasteiger partial charge in [0.25, 0.3) is 0 Å². The number of carbonyl (C=O) groups is 5. The number of aliphatic hydroxyl groups is 1. The lowest BCUT2D eigenvalue weighted by atomic mass is 9.53. The number of alkyl carbamates (subject to hydrolysis) is 2. The Morgan fingerprint density at radius 2 is 1.60 bits per heavy atom. The molecule has 4 atom stereocenters. The maximum atomic E-state index is 13.7. The predicted octanol–water partition coefficient (Wildman–Crippen LogP) is 5.61. The molecule has 4 N–H and O–H groups in total. The standard InChI is InChI=1S/C43H69N5O10/c1-27(2)43(54)20-19-31(49)35-42(43,21-24-47(10)26-29-16-17-29)33-28(3)15-18-32(34(33)56-35)55-39(53)48(11)25-23-44-36(50)30(46-38(52)58-41(7,8)9)14-12-13-22-45-37(51)57-40(4,5)6/h15,18,27,29-30,35,54H,12-14,16-17,19-26H2,1-11H3,(H,44,50)(H,45,51)(H,46,52)/t30?,35-,42-,43+/m0/s1. The van der Waals surface area contributed by atoms with Crippen molar-refractivity contribution in [3.05, 3.63) is 23.3 Å².